The number of imidazole rings is 1. The van der Waals surface area contributed by atoms with Crippen LogP contribution in [0.1, 0.15) is 64.6 Å². The summed E-state index contributed by atoms with van der Waals surface area (Å²) in [6.07, 6.45) is 7.92. The summed E-state index contributed by atoms with van der Waals surface area (Å²) in [4.78, 5) is 32.0. The standard InChI is InChI=1S/C24H36N4O2/c1-3-19(4-2)24(30)25-15-11-14-22-26-20-12-7-8-13-21(20)28(22)18-23(29)27-16-9-5-6-10-17-27/h7-8,12-13,19H,3-6,9-11,14-18H2,1-2H3,(H,25,30). The van der Waals surface area contributed by atoms with Gasteiger partial charge in [-0.2, -0.15) is 0 Å². The Balaban J connectivity index is 1.65. The topological polar surface area (TPSA) is 67.2 Å². The number of fused-ring (bicyclic) bond motifs is 1. The molecule has 1 saturated heterocycles. The molecule has 1 aliphatic heterocycles. The highest BCUT2D eigenvalue weighted by Crippen LogP contribution is 2.18. The third kappa shape index (κ3) is 5.61. The lowest BCUT2D eigenvalue weighted by Crippen LogP contribution is -2.35. The number of aromatic nitrogens is 2. The number of rotatable bonds is 9. The van der Waals surface area contributed by atoms with E-state index in [1.807, 2.05) is 29.2 Å². The Kier molecular flexibility index (Phi) is 8.29. The van der Waals surface area contributed by atoms with Crippen LogP contribution in [0.3, 0.4) is 0 Å². The molecular formula is C24H36N4O2. The fourth-order valence-electron chi connectivity index (χ4n) is 4.31. The van der Waals surface area contributed by atoms with Crippen molar-refractivity contribution in [3.05, 3.63) is 30.1 Å². The molecule has 6 nitrogen and oxygen atoms in total. The number of para-hydroxylation sites is 2. The maximum Gasteiger partial charge on any atom is 0.242 e. The minimum atomic E-state index is 0.0980. The van der Waals surface area contributed by atoms with E-state index in [2.05, 4.69) is 23.7 Å². The van der Waals surface area contributed by atoms with Crippen molar-refractivity contribution >= 4 is 22.8 Å². The lowest BCUT2D eigenvalue weighted by Gasteiger charge is -2.21. The largest absolute Gasteiger partial charge is 0.356 e. The van der Waals surface area contributed by atoms with Gasteiger partial charge in [0.25, 0.3) is 0 Å². The van der Waals surface area contributed by atoms with Gasteiger partial charge in [0.2, 0.25) is 11.8 Å². The minimum absolute atomic E-state index is 0.0980. The molecule has 0 atom stereocenters. The minimum Gasteiger partial charge on any atom is -0.356 e. The Morgan fingerprint density at radius 3 is 2.47 bits per heavy atom. The van der Waals surface area contributed by atoms with Crippen molar-refractivity contribution in [2.45, 2.75) is 71.8 Å². The van der Waals surface area contributed by atoms with E-state index >= 15 is 0 Å². The number of benzene rings is 1. The molecule has 0 aliphatic carbocycles. The predicted molar refractivity (Wildman–Crippen MR) is 120 cm³/mol. The smallest absolute Gasteiger partial charge is 0.242 e. The molecule has 164 valence electrons. The molecule has 0 spiro atoms. The summed E-state index contributed by atoms with van der Waals surface area (Å²) in [7, 11) is 0. The molecule has 1 aromatic carbocycles. The maximum atomic E-state index is 13.0. The van der Waals surface area contributed by atoms with Crippen molar-refractivity contribution < 1.29 is 9.59 Å². The second-order valence-corrected chi connectivity index (χ2v) is 8.31. The van der Waals surface area contributed by atoms with Gasteiger partial charge in [0.15, 0.2) is 0 Å². The first-order valence-electron chi connectivity index (χ1n) is 11.6. The predicted octanol–water partition coefficient (Wildman–Crippen LogP) is 3.92. The molecular weight excluding hydrogens is 376 g/mol. The van der Waals surface area contributed by atoms with Gasteiger partial charge < -0.3 is 14.8 Å². The third-order valence-corrected chi connectivity index (χ3v) is 6.22. The average molecular weight is 413 g/mol. The number of carbonyl (C=O) groups excluding carboxylic acids is 2. The quantitative estimate of drug-likeness (QED) is 0.635. The number of carbonyl (C=O) groups is 2. The lowest BCUT2D eigenvalue weighted by atomic mass is 10.0. The monoisotopic (exact) mass is 412 g/mol. The second kappa shape index (κ2) is 11.1. The fourth-order valence-corrected chi connectivity index (χ4v) is 4.31. The van der Waals surface area contributed by atoms with Crippen LogP contribution in [0.25, 0.3) is 11.0 Å². The van der Waals surface area contributed by atoms with Gasteiger partial charge in [0.05, 0.1) is 11.0 Å². The highest BCUT2D eigenvalue weighted by atomic mass is 16.2. The van der Waals surface area contributed by atoms with Crippen molar-refractivity contribution in [3.8, 4) is 0 Å². The second-order valence-electron chi connectivity index (χ2n) is 8.31. The first-order chi connectivity index (χ1) is 14.6. The zero-order chi connectivity index (χ0) is 21.3. The summed E-state index contributed by atoms with van der Waals surface area (Å²) < 4.78 is 2.07. The van der Waals surface area contributed by atoms with Crippen LogP contribution in [0.5, 0.6) is 0 Å². The molecule has 1 N–H and O–H groups in total. The Morgan fingerprint density at radius 1 is 1.07 bits per heavy atom. The fraction of sp³-hybridized carbons (Fsp3) is 0.625. The number of nitrogens with zero attached hydrogens (tertiary/aromatic N) is 3. The van der Waals surface area contributed by atoms with Gasteiger partial charge in [-0.25, -0.2) is 4.98 Å². The van der Waals surface area contributed by atoms with Gasteiger partial charge in [-0.15, -0.1) is 0 Å². The molecule has 0 saturated carbocycles. The van der Waals surface area contributed by atoms with Gasteiger partial charge in [-0.1, -0.05) is 38.8 Å². The van der Waals surface area contributed by atoms with E-state index in [4.69, 9.17) is 4.98 Å². The van der Waals surface area contributed by atoms with E-state index in [1.165, 1.54) is 12.8 Å². The summed E-state index contributed by atoms with van der Waals surface area (Å²) in [6, 6.07) is 8.02. The highest BCUT2D eigenvalue weighted by Gasteiger charge is 2.19. The number of hydrogen-bond acceptors (Lipinski definition) is 3. The van der Waals surface area contributed by atoms with Crippen LogP contribution in [-0.2, 0) is 22.6 Å². The number of hydrogen-bond donors (Lipinski definition) is 1. The van der Waals surface area contributed by atoms with E-state index in [9.17, 15) is 9.59 Å². The normalized spacial score (nSPS) is 14.8. The summed E-state index contributed by atoms with van der Waals surface area (Å²) >= 11 is 0. The SMILES string of the molecule is CCC(CC)C(=O)NCCCc1nc2ccccc2n1CC(=O)N1CCCCCC1. The van der Waals surface area contributed by atoms with Crippen LogP contribution >= 0.6 is 0 Å². The molecule has 30 heavy (non-hydrogen) atoms. The van der Waals surface area contributed by atoms with Crippen molar-refractivity contribution in [2.75, 3.05) is 19.6 Å². The first-order valence-corrected chi connectivity index (χ1v) is 11.6. The summed E-state index contributed by atoms with van der Waals surface area (Å²) in [5.41, 5.74) is 1.94. The summed E-state index contributed by atoms with van der Waals surface area (Å²) in [5, 5.41) is 3.06. The van der Waals surface area contributed by atoms with Crippen LogP contribution in [0.15, 0.2) is 24.3 Å². The molecule has 2 heterocycles. The molecule has 1 fully saturated rings. The van der Waals surface area contributed by atoms with E-state index < -0.39 is 0 Å². The van der Waals surface area contributed by atoms with Crippen LogP contribution in [-0.4, -0.2) is 45.9 Å². The van der Waals surface area contributed by atoms with E-state index in [0.717, 1.165) is 68.5 Å². The summed E-state index contributed by atoms with van der Waals surface area (Å²) in [5.74, 6) is 1.35. The molecule has 3 rings (SSSR count). The van der Waals surface area contributed by atoms with Crippen molar-refractivity contribution in [1.82, 2.24) is 19.8 Å². The molecule has 2 amide bonds. The van der Waals surface area contributed by atoms with Crippen molar-refractivity contribution in [3.63, 3.8) is 0 Å². The van der Waals surface area contributed by atoms with Crippen LogP contribution < -0.4 is 5.32 Å². The molecule has 2 aromatic rings. The number of nitrogens with one attached hydrogen (secondary N) is 1. The molecule has 6 heteroatoms. The lowest BCUT2D eigenvalue weighted by molar-refractivity contribution is -0.131. The van der Waals surface area contributed by atoms with Gasteiger partial charge in [-0.3, -0.25) is 9.59 Å². The number of aryl methyl sites for hydroxylation is 1. The first kappa shape index (κ1) is 22.3. The zero-order valence-corrected chi connectivity index (χ0v) is 18.5. The molecule has 0 radical (unpaired) electrons. The van der Waals surface area contributed by atoms with Gasteiger partial charge in [-0.05, 0) is 44.2 Å². The average Bonchev–Trinajstić information content (AvgIpc) is 2.92. The zero-order valence-electron chi connectivity index (χ0n) is 18.5. The van der Waals surface area contributed by atoms with Gasteiger partial charge in [0.1, 0.15) is 12.4 Å². The summed E-state index contributed by atoms with van der Waals surface area (Å²) in [6.45, 7) is 6.81. The van der Waals surface area contributed by atoms with Crippen molar-refractivity contribution in [1.29, 1.82) is 0 Å². The number of amides is 2. The molecule has 0 unspecified atom stereocenters. The molecule has 1 aromatic heterocycles. The molecule has 0 bridgehead atoms. The van der Waals surface area contributed by atoms with E-state index in [1.54, 1.807) is 0 Å². The highest BCUT2D eigenvalue weighted by molar-refractivity contribution is 5.81. The van der Waals surface area contributed by atoms with Crippen LogP contribution in [0.4, 0.5) is 0 Å². The van der Waals surface area contributed by atoms with Gasteiger partial charge >= 0.3 is 0 Å². The molecule has 1 aliphatic rings. The Morgan fingerprint density at radius 2 is 1.77 bits per heavy atom. The Hall–Kier alpha value is -2.37. The van der Waals surface area contributed by atoms with Gasteiger partial charge in [0, 0.05) is 32.0 Å². The van der Waals surface area contributed by atoms with Crippen LogP contribution in [0.2, 0.25) is 0 Å². The number of likely N-dealkylation sites (tertiary alicyclic amines) is 1. The van der Waals surface area contributed by atoms with E-state index in [0.29, 0.717) is 13.1 Å². The van der Waals surface area contributed by atoms with Crippen LogP contribution in [0, 0.1) is 5.92 Å². The van der Waals surface area contributed by atoms with Crippen molar-refractivity contribution in [2.24, 2.45) is 5.92 Å². The van der Waals surface area contributed by atoms with E-state index in [-0.39, 0.29) is 17.7 Å². The Labute approximate surface area is 180 Å². The Bertz CT molecular complexity index is 833. The maximum absolute atomic E-state index is 13.0. The third-order valence-electron chi connectivity index (χ3n) is 6.22.